The normalized spacial score (nSPS) is 11.1. The van der Waals surface area contributed by atoms with E-state index in [0.29, 0.717) is 5.69 Å². The largest absolute Gasteiger partial charge is 0.457 e. The van der Waals surface area contributed by atoms with E-state index in [4.69, 9.17) is 11.0 Å². The summed E-state index contributed by atoms with van der Waals surface area (Å²) in [5.41, 5.74) is 7.07. The maximum absolute atomic E-state index is 7.18. The van der Waals surface area contributed by atoms with Crippen LogP contribution in [0.25, 0.3) is 38.0 Å². The van der Waals surface area contributed by atoms with Crippen LogP contribution in [0.3, 0.4) is 0 Å². The van der Waals surface area contributed by atoms with Gasteiger partial charge in [-0.1, -0.05) is 12.1 Å². The van der Waals surface area contributed by atoms with E-state index in [0.717, 1.165) is 21.9 Å². The summed E-state index contributed by atoms with van der Waals surface area (Å²) in [7, 11) is 2.06. The molecule has 0 N–H and O–H groups in total. The van der Waals surface area contributed by atoms with Gasteiger partial charge in [-0.25, -0.2) is 9.41 Å². The van der Waals surface area contributed by atoms with Crippen LogP contribution in [0.5, 0.6) is 0 Å². The lowest BCUT2D eigenvalue weighted by Gasteiger charge is -2.09. The van der Waals surface area contributed by atoms with Crippen molar-refractivity contribution in [3.05, 3.63) is 71.2 Å². The number of aromatic nitrogens is 1. The molecule has 0 atom stereocenters. The van der Waals surface area contributed by atoms with E-state index in [1.807, 2.05) is 24.3 Å². The molecule has 4 rings (SSSR count). The topological polar surface area (TPSA) is 21.4 Å². The first-order valence-electron chi connectivity index (χ1n) is 7.89. The zero-order valence-corrected chi connectivity index (χ0v) is 13.9. The van der Waals surface area contributed by atoms with Crippen LogP contribution < -0.4 is 4.57 Å². The van der Waals surface area contributed by atoms with E-state index in [1.54, 1.807) is 0 Å². The van der Waals surface area contributed by atoms with Crippen molar-refractivity contribution in [3.63, 3.8) is 0 Å². The van der Waals surface area contributed by atoms with Crippen molar-refractivity contribution in [1.29, 1.82) is 0 Å². The number of furan rings is 1. The molecule has 0 aliphatic carbocycles. The van der Waals surface area contributed by atoms with E-state index >= 15 is 0 Å². The van der Waals surface area contributed by atoms with Crippen LogP contribution >= 0.6 is 0 Å². The molecule has 0 radical (unpaired) electrons. The molecule has 0 unspecified atom stereocenters. The Morgan fingerprint density at radius 2 is 1.88 bits per heavy atom. The van der Waals surface area contributed by atoms with Gasteiger partial charge in [0.05, 0.1) is 12.1 Å². The van der Waals surface area contributed by atoms with Crippen molar-refractivity contribution < 1.29 is 8.98 Å². The van der Waals surface area contributed by atoms with Crippen LogP contribution in [0.2, 0.25) is 0 Å². The van der Waals surface area contributed by atoms with Crippen LogP contribution in [-0.2, 0) is 7.05 Å². The molecule has 116 valence electrons. The van der Waals surface area contributed by atoms with Gasteiger partial charge in [-0.15, -0.1) is 0 Å². The van der Waals surface area contributed by atoms with Gasteiger partial charge in [0.25, 0.3) is 0 Å². The van der Waals surface area contributed by atoms with Gasteiger partial charge in [-0.05, 0) is 43.2 Å². The van der Waals surface area contributed by atoms with Crippen LogP contribution in [0.15, 0.2) is 53.1 Å². The highest BCUT2D eigenvalue weighted by atomic mass is 16.3. The van der Waals surface area contributed by atoms with Gasteiger partial charge < -0.3 is 4.42 Å². The molecule has 0 aliphatic rings. The number of hydrogen-bond donors (Lipinski definition) is 0. The molecular weight excluding hydrogens is 296 g/mol. The summed E-state index contributed by atoms with van der Waals surface area (Å²) in [6.45, 7) is 11.4. The summed E-state index contributed by atoms with van der Waals surface area (Å²) in [5, 5.41) is 2.20. The van der Waals surface area contributed by atoms with Crippen molar-refractivity contribution >= 4 is 27.6 Å². The summed E-state index contributed by atoms with van der Waals surface area (Å²) in [5.74, 6) is 0. The average Bonchev–Trinajstić information content (AvgIpc) is 2.93. The third kappa shape index (κ3) is 2.00. The monoisotopic (exact) mass is 313 g/mol. The Bertz CT molecular complexity index is 1150. The molecule has 2 aromatic heterocycles. The number of benzene rings is 2. The predicted octanol–water partition coefficient (Wildman–Crippen LogP) is 5.25. The fourth-order valence-electron chi connectivity index (χ4n) is 3.53. The van der Waals surface area contributed by atoms with Crippen LogP contribution in [-0.4, -0.2) is 0 Å². The molecule has 24 heavy (non-hydrogen) atoms. The van der Waals surface area contributed by atoms with Gasteiger partial charge in [0.1, 0.15) is 18.2 Å². The van der Waals surface area contributed by atoms with E-state index in [1.165, 1.54) is 22.4 Å². The summed E-state index contributed by atoms with van der Waals surface area (Å²) in [4.78, 5) is 3.49. The third-order valence-electron chi connectivity index (χ3n) is 4.63. The van der Waals surface area contributed by atoms with Crippen molar-refractivity contribution in [1.82, 2.24) is 0 Å². The Kier molecular flexibility index (Phi) is 3.14. The molecule has 0 bridgehead atoms. The Labute approximate surface area is 140 Å². The fraction of sp³-hybridized carbons (Fsp3) is 0.143. The average molecular weight is 313 g/mol. The highest BCUT2D eigenvalue weighted by Gasteiger charge is 2.20. The van der Waals surface area contributed by atoms with E-state index in [2.05, 4.69) is 54.7 Å². The quantitative estimate of drug-likeness (QED) is 0.347. The Morgan fingerprint density at radius 1 is 1.04 bits per heavy atom. The second-order valence-corrected chi connectivity index (χ2v) is 6.16. The van der Waals surface area contributed by atoms with Crippen LogP contribution in [0.1, 0.15) is 11.1 Å². The minimum atomic E-state index is 0.602. The zero-order chi connectivity index (χ0) is 16.8. The molecule has 0 fully saturated rings. The van der Waals surface area contributed by atoms with E-state index < -0.39 is 0 Å². The third-order valence-corrected chi connectivity index (χ3v) is 4.63. The van der Waals surface area contributed by atoms with Crippen LogP contribution in [0, 0.1) is 20.4 Å². The summed E-state index contributed by atoms with van der Waals surface area (Å²) < 4.78 is 8.17. The second kappa shape index (κ2) is 5.21. The minimum Gasteiger partial charge on any atom is -0.457 e. The van der Waals surface area contributed by atoms with Crippen molar-refractivity contribution in [2.75, 3.05) is 0 Å². The standard InChI is InChI=1S/C21H17N2O/c1-13-11-19-21(16-9-8-15(22-3)12-18(16)24-19)14(2)20(13)17-7-5-6-10-23(17)4/h5-12H,1-2,4H3/q+1. The first-order chi connectivity index (χ1) is 11.6. The molecule has 0 aliphatic heterocycles. The Morgan fingerprint density at radius 3 is 2.62 bits per heavy atom. The molecule has 2 heterocycles. The fourth-order valence-corrected chi connectivity index (χ4v) is 3.53. The van der Waals surface area contributed by atoms with Crippen molar-refractivity contribution in [2.45, 2.75) is 13.8 Å². The molecule has 0 spiro atoms. The van der Waals surface area contributed by atoms with Gasteiger partial charge in [-0.3, -0.25) is 0 Å². The maximum atomic E-state index is 7.18. The molecule has 0 saturated heterocycles. The predicted molar refractivity (Wildman–Crippen MR) is 96.1 cm³/mol. The number of pyridine rings is 1. The molecule has 4 aromatic rings. The molecule has 3 heteroatoms. The lowest BCUT2D eigenvalue weighted by atomic mass is 9.94. The lowest BCUT2D eigenvalue weighted by molar-refractivity contribution is -0.660. The lowest BCUT2D eigenvalue weighted by Crippen LogP contribution is -2.30. The van der Waals surface area contributed by atoms with Crippen molar-refractivity contribution in [2.24, 2.45) is 7.05 Å². The molecule has 2 aromatic carbocycles. The van der Waals surface area contributed by atoms with Gasteiger partial charge in [0, 0.05) is 22.9 Å². The number of fused-ring (bicyclic) bond motifs is 3. The first kappa shape index (κ1) is 14.5. The first-order valence-corrected chi connectivity index (χ1v) is 7.89. The van der Waals surface area contributed by atoms with Gasteiger partial charge in [0.15, 0.2) is 11.9 Å². The van der Waals surface area contributed by atoms with E-state index in [-0.39, 0.29) is 0 Å². The Hall–Kier alpha value is -3.12. The molecule has 0 amide bonds. The zero-order valence-electron chi connectivity index (χ0n) is 13.9. The SMILES string of the molecule is [C-]#[N+]c1ccc2c(c1)oc1cc(C)c(-c3cccc[n+]3C)c(C)c12. The van der Waals surface area contributed by atoms with Crippen LogP contribution in [0.4, 0.5) is 5.69 Å². The molecular formula is C21H17N2O+. The highest BCUT2D eigenvalue weighted by Crippen LogP contribution is 2.38. The number of hydrogen-bond acceptors (Lipinski definition) is 1. The smallest absolute Gasteiger partial charge is 0.212 e. The Balaban J connectivity index is 2.12. The number of rotatable bonds is 1. The van der Waals surface area contributed by atoms with Gasteiger partial charge in [-0.2, -0.15) is 0 Å². The summed E-state index contributed by atoms with van der Waals surface area (Å²) in [6.07, 6.45) is 2.06. The molecule has 0 saturated carbocycles. The second-order valence-electron chi connectivity index (χ2n) is 6.16. The maximum Gasteiger partial charge on any atom is 0.212 e. The summed E-state index contributed by atoms with van der Waals surface area (Å²) in [6, 6.07) is 14.0. The summed E-state index contributed by atoms with van der Waals surface area (Å²) >= 11 is 0. The van der Waals surface area contributed by atoms with Crippen molar-refractivity contribution in [3.8, 4) is 11.3 Å². The minimum absolute atomic E-state index is 0.602. The number of aryl methyl sites for hydroxylation is 3. The highest BCUT2D eigenvalue weighted by molar-refractivity contribution is 6.09. The van der Waals surface area contributed by atoms with E-state index in [9.17, 15) is 0 Å². The van der Waals surface area contributed by atoms with Gasteiger partial charge >= 0.3 is 0 Å². The molecule has 3 nitrogen and oxygen atoms in total. The number of nitrogens with zero attached hydrogens (tertiary/aromatic N) is 2. The van der Waals surface area contributed by atoms with Gasteiger partial charge in [0.2, 0.25) is 5.69 Å².